The topological polar surface area (TPSA) is 96.3 Å². The zero-order valence-electron chi connectivity index (χ0n) is 16.4. The first-order valence-corrected chi connectivity index (χ1v) is 9.33. The number of hydrogen-bond donors (Lipinski definition) is 2. The highest BCUT2D eigenvalue weighted by Gasteiger charge is 2.46. The Morgan fingerprint density at radius 1 is 1.21 bits per heavy atom. The molecule has 2 aromatic rings. The number of likely N-dealkylation sites (N-methyl/N-ethyl adjacent to an activating group) is 1. The Labute approximate surface area is 163 Å². The highest BCUT2D eigenvalue weighted by Crippen LogP contribution is 2.26. The number of amides is 3. The van der Waals surface area contributed by atoms with Gasteiger partial charge in [0.15, 0.2) is 5.69 Å². The molecule has 2 N–H and O–H groups in total. The molecule has 3 rings (SSSR count). The molecule has 1 aromatic heterocycles. The molecule has 2 heterocycles. The monoisotopic (exact) mass is 383 g/mol. The molecule has 1 aliphatic heterocycles. The van der Waals surface area contributed by atoms with E-state index in [4.69, 9.17) is 0 Å². The summed E-state index contributed by atoms with van der Waals surface area (Å²) in [7, 11) is 1.59. The van der Waals surface area contributed by atoms with Crippen molar-refractivity contribution < 1.29 is 14.4 Å². The Morgan fingerprint density at radius 3 is 2.61 bits per heavy atom. The van der Waals surface area contributed by atoms with E-state index < -0.39 is 5.54 Å². The lowest BCUT2D eigenvalue weighted by Gasteiger charge is -2.40. The van der Waals surface area contributed by atoms with Crippen LogP contribution in [0.25, 0.3) is 0 Å². The number of fused-ring (bicyclic) bond motifs is 1. The van der Waals surface area contributed by atoms with Crippen LogP contribution in [-0.2, 0) is 17.9 Å². The van der Waals surface area contributed by atoms with Crippen molar-refractivity contribution >= 4 is 17.7 Å². The fraction of sp³-hybridized carbons (Fsp3) is 0.400. The molecular formula is C20H25N5O3. The van der Waals surface area contributed by atoms with Crippen LogP contribution in [-0.4, -0.2) is 51.5 Å². The Hall–Kier alpha value is -3.16. The summed E-state index contributed by atoms with van der Waals surface area (Å²) in [6.45, 7) is 4.73. The predicted molar refractivity (Wildman–Crippen MR) is 104 cm³/mol. The number of rotatable bonds is 6. The van der Waals surface area contributed by atoms with Crippen LogP contribution in [0.5, 0.6) is 0 Å². The summed E-state index contributed by atoms with van der Waals surface area (Å²) in [6.07, 6.45) is 0.806. The molecule has 0 aliphatic carbocycles. The van der Waals surface area contributed by atoms with Crippen molar-refractivity contribution in [2.24, 2.45) is 0 Å². The van der Waals surface area contributed by atoms with E-state index in [1.54, 1.807) is 14.0 Å². The lowest BCUT2D eigenvalue weighted by Crippen LogP contribution is -2.62. The van der Waals surface area contributed by atoms with E-state index in [-0.39, 0.29) is 30.0 Å². The van der Waals surface area contributed by atoms with Gasteiger partial charge >= 0.3 is 0 Å². The molecule has 148 valence electrons. The standard InChI is InChI=1S/C20H25N5O3/c1-4-10-21-17(26)15-11-16-18(27)24(3)20(2,13-25(16)23-15)19(28)22-12-14-8-6-5-7-9-14/h5-9,11H,4,10,12-13H2,1-3H3,(H,21,26)(H,22,28). The summed E-state index contributed by atoms with van der Waals surface area (Å²) in [5, 5.41) is 9.90. The minimum atomic E-state index is -1.11. The van der Waals surface area contributed by atoms with Gasteiger partial charge in [0, 0.05) is 26.2 Å². The molecule has 1 unspecified atom stereocenters. The van der Waals surface area contributed by atoms with Crippen molar-refractivity contribution in [3.63, 3.8) is 0 Å². The summed E-state index contributed by atoms with van der Waals surface area (Å²) < 4.78 is 1.45. The quantitative estimate of drug-likeness (QED) is 0.783. The summed E-state index contributed by atoms with van der Waals surface area (Å²) >= 11 is 0. The third-order valence-electron chi connectivity index (χ3n) is 5.05. The van der Waals surface area contributed by atoms with Gasteiger partial charge in [-0.05, 0) is 18.9 Å². The molecule has 0 bridgehead atoms. The van der Waals surface area contributed by atoms with Crippen LogP contribution >= 0.6 is 0 Å². The number of nitrogens with zero attached hydrogens (tertiary/aromatic N) is 3. The largest absolute Gasteiger partial charge is 0.351 e. The molecule has 0 radical (unpaired) electrons. The molecule has 0 saturated carbocycles. The van der Waals surface area contributed by atoms with Crippen LogP contribution in [0.1, 0.15) is 46.8 Å². The SMILES string of the molecule is CCCNC(=O)c1cc2n(n1)CC(C)(C(=O)NCc1ccccc1)N(C)C2=O. The van der Waals surface area contributed by atoms with Crippen LogP contribution in [0.2, 0.25) is 0 Å². The third-order valence-corrected chi connectivity index (χ3v) is 5.05. The Balaban J connectivity index is 1.78. The number of nitrogens with one attached hydrogen (secondary N) is 2. The summed E-state index contributed by atoms with van der Waals surface area (Å²) in [5.41, 5.74) is 0.345. The summed E-state index contributed by atoms with van der Waals surface area (Å²) in [4.78, 5) is 39.3. The minimum Gasteiger partial charge on any atom is -0.351 e. The zero-order valence-corrected chi connectivity index (χ0v) is 16.4. The fourth-order valence-electron chi connectivity index (χ4n) is 3.14. The Morgan fingerprint density at radius 2 is 1.93 bits per heavy atom. The molecule has 0 fully saturated rings. The van der Waals surface area contributed by atoms with E-state index in [0.29, 0.717) is 18.8 Å². The first kappa shape index (κ1) is 19.6. The maximum Gasteiger partial charge on any atom is 0.272 e. The first-order valence-electron chi connectivity index (χ1n) is 9.33. The third kappa shape index (κ3) is 3.62. The zero-order chi connectivity index (χ0) is 20.3. The van der Waals surface area contributed by atoms with Crippen LogP contribution in [0.3, 0.4) is 0 Å². The minimum absolute atomic E-state index is 0.173. The van der Waals surface area contributed by atoms with Gasteiger partial charge in [0.05, 0.1) is 6.54 Å². The van der Waals surface area contributed by atoms with Crippen LogP contribution in [0, 0.1) is 0 Å². The van der Waals surface area contributed by atoms with Crippen molar-refractivity contribution in [1.82, 2.24) is 25.3 Å². The molecule has 0 saturated heterocycles. The molecule has 8 nitrogen and oxygen atoms in total. The van der Waals surface area contributed by atoms with Gasteiger partial charge in [-0.2, -0.15) is 5.10 Å². The number of carbonyl (C=O) groups excluding carboxylic acids is 3. The smallest absolute Gasteiger partial charge is 0.272 e. The normalized spacial score (nSPS) is 18.5. The molecule has 28 heavy (non-hydrogen) atoms. The van der Waals surface area contributed by atoms with E-state index in [1.807, 2.05) is 37.3 Å². The van der Waals surface area contributed by atoms with Gasteiger partial charge in [-0.1, -0.05) is 37.3 Å². The second-order valence-corrected chi connectivity index (χ2v) is 7.13. The van der Waals surface area contributed by atoms with Crippen LogP contribution in [0.4, 0.5) is 0 Å². The first-order chi connectivity index (χ1) is 13.4. The maximum absolute atomic E-state index is 12.9. The van der Waals surface area contributed by atoms with Gasteiger partial charge in [-0.3, -0.25) is 19.1 Å². The predicted octanol–water partition coefficient (Wildman–Crippen LogP) is 1.18. The molecule has 3 amide bonds. The van der Waals surface area contributed by atoms with Crippen molar-refractivity contribution in [1.29, 1.82) is 0 Å². The summed E-state index contributed by atoms with van der Waals surface area (Å²) in [5.74, 6) is -0.939. The average molecular weight is 383 g/mol. The lowest BCUT2D eigenvalue weighted by molar-refractivity contribution is -0.132. The van der Waals surface area contributed by atoms with E-state index >= 15 is 0 Å². The van der Waals surface area contributed by atoms with Crippen molar-refractivity contribution in [2.75, 3.05) is 13.6 Å². The Kier molecular flexibility index (Phi) is 5.48. The number of hydrogen-bond acceptors (Lipinski definition) is 4. The molecule has 1 atom stereocenters. The molecule has 1 aliphatic rings. The highest BCUT2D eigenvalue weighted by molar-refractivity contribution is 6.01. The van der Waals surface area contributed by atoms with Crippen molar-refractivity contribution in [3.8, 4) is 0 Å². The van der Waals surface area contributed by atoms with E-state index in [9.17, 15) is 14.4 Å². The highest BCUT2D eigenvalue weighted by atomic mass is 16.2. The van der Waals surface area contributed by atoms with Crippen LogP contribution < -0.4 is 10.6 Å². The van der Waals surface area contributed by atoms with Crippen molar-refractivity contribution in [3.05, 3.63) is 53.3 Å². The number of benzene rings is 1. The molecule has 0 spiro atoms. The molecule has 8 heteroatoms. The molecule has 1 aromatic carbocycles. The van der Waals surface area contributed by atoms with E-state index in [2.05, 4.69) is 15.7 Å². The van der Waals surface area contributed by atoms with E-state index in [1.165, 1.54) is 15.6 Å². The van der Waals surface area contributed by atoms with Gasteiger partial charge in [0.25, 0.3) is 11.8 Å². The average Bonchev–Trinajstić information content (AvgIpc) is 3.13. The molecular weight excluding hydrogens is 358 g/mol. The lowest BCUT2D eigenvalue weighted by atomic mass is 9.96. The van der Waals surface area contributed by atoms with Gasteiger partial charge < -0.3 is 15.5 Å². The fourth-order valence-corrected chi connectivity index (χ4v) is 3.14. The van der Waals surface area contributed by atoms with Crippen molar-refractivity contribution in [2.45, 2.75) is 38.9 Å². The van der Waals surface area contributed by atoms with Gasteiger partial charge in [-0.15, -0.1) is 0 Å². The van der Waals surface area contributed by atoms with Crippen LogP contribution in [0.15, 0.2) is 36.4 Å². The Bertz CT molecular complexity index is 893. The second-order valence-electron chi connectivity index (χ2n) is 7.13. The van der Waals surface area contributed by atoms with Gasteiger partial charge in [0.2, 0.25) is 5.91 Å². The second kappa shape index (κ2) is 7.84. The van der Waals surface area contributed by atoms with E-state index in [0.717, 1.165) is 12.0 Å². The maximum atomic E-state index is 12.9. The summed E-state index contributed by atoms with van der Waals surface area (Å²) in [6, 6.07) is 11.0. The number of aromatic nitrogens is 2. The van der Waals surface area contributed by atoms with Gasteiger partial charge in [0.1, 0.15) is 11.2 Å². The van der Waals surface area contributed by atoms with Gasteiger partial charge in [-0.25, -0.2) is 0 Å². The number of carbonyl (C=O) groups is 3.